The molecule has 2 saturated heterocycles. The van der Waals surface area contributed by atoms with E-state index in [2.05, 4.69) is 24.1 Å². The average Bonchev–Trinajstić information content (AvgIpc) is 2.81. The molecule has 1 N–H and O–H groups in total. The first-order valence-electron chi connectivity index (χ1n) is 9.45. The fourth-order valence-electron chi connectivity index (χ4n) is 3.81. The lowest BCUT2D eigenvalue weighted by molar-refractivity contribution is -0.133. The Kier molecular flexibility index (Phi) is 5.51. The van der Waals surface area contributed by atoms with E-state index in [0.29, 0.717) is 25.4 Å². The van der Waals surface area contributed by atoms with E-state index in [-0.39, 0.29) is 18.5 Å². The summed E-state index contributed by atoms with van der Waals surface area (Å²) in [6, 6.07) is 7.46. The zero-order valence-electron chi connectivity index (χ0n) is 16.0. The second-order valence-corrected chi connectivity index (χ2v) is 7.83. The number of urea groups is 1. The highest BCUT2D eigenvalue weighted by Gasteiger charge is 2.52. The molecule has 6 nitrogen and oxygen atoms in total. The molecular formula is C20H29N3O3. The lowest BCUT2D eigenvalue weighted by Gasteiger charge is -2.37. The third kappa shape index (κ3) is 4.01. The summed E-state index contributed by atoms with van der Waals surface area (Å²) >= 11 is 0. The largest absolute Gasteiger partial charge is 0.492 e. The molecule has 0 aromatic heterocycles. The first kappa shape index (κ1) is 18.7. The zero-order valence-corrected chi connectivity index (χ0v) is 16.0. The van der Waals surface area contributed by atoms with Gasteiger partial charge in [0.2, 0.25) is 0 Å². The summed E-state index contributed by atoms with van der Waals surface area (Å²) in [5, 5.41) is 2.96. The normalized spacial score (nSPS) is 20.1. The van der Waals surface area contributed by atoms with Crippen LogP contribution in [0.5, 0.6) is 5.75 Å². The molecule has 3 rings (SSSR count). The van der Waals surface area contributed by atoms with Gasteiger partial charge in [-0.3, -0.25) is 9.69 Å². The fourth-order valence-corrected chi connectivity index (χ4v) is 3.81. The number of benzene rings is 1. The number of carbonyl (C=O) groups is 2. The van der Waals surface area contributed by atoms with Gasteiger partial charge in [0.15, 0.2) is 0 Å². The maximum atomic E-state index is 12.9. The molecule has 1 aromatic rings. The molecule has 0 atom stereocenters. The van der Waals surface area contributed by atoms with Crippen LogP contribution in [-0.4, -0.2) is 60.1 Å². The molecule has 6 heteroatoms. The van der Waals surface area contributed by atoms with Crippen LogP contribution in [0.1, 0.15) is 32.3 Å². The lowest BCUT2D eigenvalue weighted by atomic mass is 9.87. The van der Waals surface area contributed by atoms with E-state index in [1.165, 1.54) is 4.90 Å². The SMILES string of the molecule is Cc1cccc(OCCN2C(=O)NC3(CCN(CC(C)C)CC3)C2=O)c1. The first-order valence-corrected chi connectivity index (χ1v) is 9.45. The van der Waals surface area contributed by atoms with Crippen LogP contribution in [-0.2, 0) is 4.79 Å². The summed E-state index contributed by atoms with van der Waals surface area (Å²) < 4.78 is 5.70. The highest BCUT2D eigenvalue weighted by atomic mass is 16.5. The van der Waals surface area contributed by atoms with Gasteiger partial charge < -0.3 is 15.0 Å². The van der Waals surface area contributed by atoms with Crippen molar-refractivity contribution in [3.05, 3.63) is 29.8 Å². The molecule has 26 heavy (non-hydrogen) atoms. The van der Waals surface area contributed by atoms with Gasteiger partial charge in [-0.2, -0.15) is 0 Å². The van der Waals surface area contributed by atoms with Gasteiger partial charge in [-0.1, -0.05) is 26.0 Å². The minimum Gasteiger partial charge on any atom is -0.492 e. The summed E-state index contributed by atoms with van der Waals surface area (Å²) in [5.41, 5.74) is 0.401. The van der Waals surface area contributed by atoms with Crippen molar-refractivity contribution in [2.75, 3.05) is 32.8 Å². The molecule has 0 bridgehead atoms. The van der Waals surface area contributed by atoms with Crippen molar-refractivity contribution in [1.29, 1.82) is 0 Å². The summed E-state index contributed by atoms with van der Waals surface area (Å²) in [7, 11) is 0. The van der Waals surface area contributed by atoms with Crippen LogP contribution < -0.4 is 10.1 Å². The Morgan fingerprint density at radius 3 is 2.62 bits per heavy atom. The minimum absolute atomic E-state index is 0.0976. The molecule has 2 aliphatic rings. The minimum atomic E-state index is -0.714. The van der Waals surface area contributed by atoms with Crippen molar-refractivity contribution in [3.8, 4) is 5.75 Å². The van der Waals surface area contributed by atoms with E-state index in [1.807, 2.05) is 31.2 Å². The zero-order chi connectivity index (χ0) is 18.7. The topological polar surface area (TPSA) is 61.9 Å². The molecule has 0 saturated carbocycles. The van der Waals surface area contributed by atoms with Crippen molar-refractivity contribution in [2.45, 2.75) is 39.2 Å². The maximum absolute atomic E-state index is 12.9. The molecule has 0 radical (unpaired) electrons. The number of nitrogens with zero attached hydrogens (tertiary/aromatic N) is 2. The van der Waals surface area contributed by atoms with Gasteiger partial charge in [0.05, 0.1) is 6.54 Å². The van der Waals surface area contributed by atoms with E-state index in [4.69, 9.17) is 4.74 Å². The van der Waals surface area contributed by atoms with Crippen LogP contribution in [0.4, 0.5) is 4.79 Å². The second-order valence-electron chi connectivity index (χ2n) is 7.83. The van der Waals surface area contributed by atoms with E-state index in [0.717, 1.165) is 30.9 Å². The Hall–Kier alpha value is -2.08. The molecule has 3 amide bonds. The van der Waals surface area contributed by atoms with E-state index in [1.54, 1.807) is 0 Å². The number of amides is 3. The second kappa shape index (κ2) is 7.66. The van der Waals surface area contributed by atoms with Crippen molar-refractivity contribution in [2.24, 2.45) is 5.92 Å². The Morgan fingerprint density at radius 1 is 1.23 bits per heavy atom. The van der Waals surface area contributed by atoms with Crippen LogP contribution in [0.15, 0.2) is 24.3 Å². The Bertz CT molecular complexity index is 666. The number of hydrogen-bond acceptors (Lipinski definition) is 4. The van der Waals surface area contributed by atoms with Crippen molar-refractivity contribution in [3.63, 3.8) is 0 Å². The standard InChI is InChI=1S/C20H29N3O3/c1-15(2)14-22-9-7-20(8-10-22)18(24)23(19(25)21-20)11-12-26-17-6-4-5-16(3)13-17/h4-6,13,15H,7-12,14H2,1-3H3,(H,21,25). The predicted molar refractivity (Wildman–Crippen MR) is 100 cm³/mol. The number of imide groups is 1. The molecular weight excluding hydrogens is 330 g/mol. The Balaban J connectivity index is 1.54. The van der Waals surface area contributed by atoms with Gasteiger partial charge in [0, 0.05) is 19.6 Å². The molecule has 142 valence electrons. The summed E-state index contributed by atoms with van der Waals surface area (Å²) in [6.07, 6.45) is 1.36. The van der Waals surface area contributed by atoms with Gasteiger partial charge >= 0.3 is 6.03 Å². The number of likely N-dealkylation sites (tertiary alicyclic amines) is 1. The summed E-state index contributed by atoms with van der Waals surface area (Å²) in [6.45, 7) is 9.70. The van der Waals surface area contributed by atoms with Crippen molar-refractivity contribution >= 4 is 11.9 Å². The third-order valence-electron chi connectivity index (χ3n) is 5.15. The number of ether oxygens (including phenoxy) is 1. The highest BCUT2D eigenvalue weighted by molar-refractivity contribution is 6.07. The maximum Gasteiger partial charge on any atom is 0.325 e. The highest BCUT2D eigenvalue weighted by Crippen LogP contribution is 2.29. The Morgan fingerprint density at radius 2 is 1.96 bits per heavy atom. The van der Waals surface area contributed by atoms with Gasteiger partial charge in [-0.15, -0.1) is 0 Å². The van der Waals surface area contributed by atoms with E-state index < -0.39 is 5.54 Å². The molecule has 2 heterocycles. The number of rotatable bonds is 6. The van der Waals surface area contributed by atoms with Gasteiger partial charge in [-0.25, -0.2) is 4.79 Å². The monoisotopic (exact) mass is 359 g/mol. The number of carbonyl (C=O) groups excluding carboxylic acids is 2. The number of hydrogen-bond donors (Lipinski definition) is 1. The summed E-state index contributed by atoms with van der Waals surface area (Å²) in [5.74, 6) is 1.27. The van der Waals surface area contributed by atoms with Crippen molar-refractivity contribution < 1.29 is 14.3 Å². The van der Waals surface area contributed by atoms with Crippen LogP contribution in [0.3, 0.4) is 0 Å². The predicted octanol–water partition coefficient (Wildman–Crippen LogP) is 2.42. The average molecular weight is 359 g/mol. The smallest absolute Gasteiger partial charge is 0.325 e. The van der Waals surface area contributed by atoms with E-state index >= 15 is 0 Å². The lowest BCUT2D eigenvalue weighted by Crippen LogP contribution is -2.55. The Labute approximate surface area is 155 Å². The summed E-state index contributed by atoms with van der Waals surface area (Å²) in [4.78, 5) is 28.9. The quantitative estimate of drug-likeness (QED) is 0.793. The number of piperidine rings is 1. The van der Waals surface area contributed by atoms with Gasteiger partial charge in [0.1, 0.15) is 17.9 Å². The van der Waals surface area contributed by atoms with Crippen LogP contribution in [0, 0.1) is 12.8 Å². The van der Waals surface area contributed by atoms with Crippen molar-refractivity contribution in [1.82, 2.24) is 15.1 Å². The molecule has 0 aliphatic carbocycles. The van der Waals surface area contributed by atoms with Gasteiger partial charge in [0.25, 0.3) is 5.91 Å². The van der Waals surface area contributed by atoms with Crippen LogP contribution in [0.2, 0.25) is 0 Å². The van der Waals surface area contributed by atoms with Gasteiger partial charge in [-0.05, 0) is 43.4 Å². The molecule has 2 fully saturated rings. The number of aryl methyl sites for hydroxylation is 1. The first-order chi connectivity index (χ1) is 12.4. The third-order valence-corrected chi connectivity index (χ3v) is 5.15. The molecule has 1 spiro atoms. The molecule has 2 aliphatic heterocycles. The number of nitrogens with one attached hydrogen (secondary N) is 1. The van der Waals surface area contributed by atoms with Crippen LogP contribution in [0.25, 0.3) is 0 Å². The molecule has 1 aromatic carbocycles. The molecule has 0 unspecified atom stereocenters. The fraction of sp³-hybridized carbons (Fsp3) is 0.600. The van der Waals surface area contributed by atoms with E-state index in [9.17, 15) is 9.59 Å². The van der Waals surface area contributed by atoms with Crippen LogP contribution >= 0.6 is 0 Å².